The quantitative estimate of drug-likeness (QED) is 0.130. The van der Waals surface area contributed by atoms with Gasteiger partial charge in [0.2, 0.25) is 10.9 Å². The van der Waals surface area contributed by atoms with Gasteiger partial charge in [0, 0.05) is 33.7 Å². The Labute approximate surface area is 301 Å². The highest BCUT2D eigenvalue weighted by Gasteiger charge is 2.34. The summed E-state index contributed by atoms with van der Waals surface area (Å²) < 4.78 is 85.6. The first-order valence-corrected chi connectivity index (χ1v) is 17.0. The molecular formula is C32H22ClF2N5O10S2. The lowest BCUT2D eigenvalue weighted by molar-refractivity contribution is 0.183. The van der Waals surface area contributed by atoms with E-state index in [4.69, 9.17) is 30.3 Å². The standard InChI is InChI=1S/C32H22ClF2N5O10S2/c1-47-19-6-3-17(25(13-19)48-2)14-39(30-36-15-37-51-30)52(45,46)26-10-9-24(27(34)28(26)35)49-22-8-5-18(33)12-20(22)16-4-7-23-21(11-16)29(38-50-23)40(31(41)42)32(43)44/h3-13,15H,14H2,1-2H3,(H,41,42)(H,43,44). The molecule has 0 bridgehead atoms. The Morgan fingerprint density at radius 3 is 2.35 bits per heavy atom. The number of rotatable bonds is 11. The lowest BCUT2D eigenvalue weighted by Gasteiger charge is -2.23. The molecule has 2 amide bonds. The van der Waals surface area contributed by atoms with Crippen molar-refractivity contribution >= 4 is 67.3 Å². The summed E-state index contributed by atoms with van der Waals surface area (Å²) in [5.41, 5.74) is 0.819. The number of carbonyl (C=O) groups is 2. The Morgan fingerprint density at radius 2 is 1.67 bits per heavy atom. The number of amides is 2. The van der Waals surface area contributed by atoms with Gasteiger partial charge in [-0.25, -0.2) is 31.7 Å². The fourth-order valence-corrected chi connectivity index (χ4v) is 7.39. The molecule has 6 aromatic rings. The van der Waals surface area contributed by atoms with Crippen molar-refractivity contribution in [3.05, 3.63) is 95.3 Å². The van der Waals surface area contributed by atoms with Crippen LogP contribution in [-0.4, -0.2) is 59.6 Å². The van der Waals surface area contributed by atoms with Crippen LogP contribution in [0, 0.1) is 11.6 Å². The number of sulfonamides is 1. The maximum Gasteiger partial charge on any atom is 0.422 e. The third-order valence-electron chi connectivity index (χ3n) is 7.47. The molecule has 52 heavy (non-hydrogen) atoms. The number of methoxy groups -OCH3 is 2. The van der Waals surface area contributed by atoms with Crippen LogP contribution in [0.4, 0.5) is 29.3 Å². The number of carboxylic acid groups (broad SMARTS) is 2. The molecule has 268 valence electrons. The molecule has 0 aliphatic rings. The summed E-state index contributed by atoms with van der Waals surface area (Å²) in [6.45, 7) is -0.396. The summed E-state index contributed by atoms with van der Waals surface area (Å²) in [6.07, 6.45) is -2.56. The lowest BCUT2D eigenvalue weighted by Crippen LogP contribution is -2.34. The fraction of sp³-hybridized carbons (Fsp3) is 0.0938. The molecule has 0 fully saturated rings. The maximum absolute atomic E-state index is 15.8. The second kappa shape index (κ2) is 14.3. The fourth-order valence-electron chi connectivity index (χ4n) is 5.03. The predicted octanol–water partition coefficient (Wildman–Crippen LogP) is 7.65. The minimum absolute atomic E-state index is 0.0211. The largest absolute Gasteiger partial charge is 0.497 e. The number of ether oxygens (including phenoxy) is 3. The Bertz CT molecular complexity index is 2430. The van der Waals surface area contributed by atoms with Gasteiger partial charge in [-0.1, -0.05) is 22.8 Å². The highest BCUT2D eigenvalue weighted by atomic mass is 35.5. The van der Waals surface area contributed by atoms with Crippen molar-refractivity contribution in [2.45, 2.75) is 11.4 Å². The van der Waals surface area contributed by atoms with Crippen LogP contribution in [0.1, 0.15) is 5.56 Å². The lowest BCUT2D eigenvalue weighted by atomic mass is 10.0. The zero-order valence-electron chi connectivity index (χ0n) is 26.5. The molecule has 0 saturated carbocycles. The smallest absolute Gasteiger partial charge is 0.422 e. The minimum Gasteiger partial charge on any atom is -0.497 e. The van der Waals surface area contributed by atoms with Gasteiger partial charge < -0.3 is 28.9 Å². The van der Waals surface area contributed by atoms with Crippen LogP contribution in [-0.2, 0) is 16.6 Å². The summed E-state index contributed by atoms with van der Waals surface area (Å²) in [4.78, 5) is 26.1. The first kappa shape index (κ1) is 35.8. The normalized spacial score (nSPS) is 11.3. The Hall–Kier alpha value is -6.05. The number of fused-ring (bicyclic) bond motifs is 1. The average Bonchev–Trinajstić information content (AvgIpc) is 3.80. The summed E-state index contributed by atoms with van der Waals surface area (Å²) >= 11 is 6.96. The first-order chi connectivity index (χ1) is 24.8. The average molecular weight is 774 g/mol. The van der Waals surface area contributed by atoms with E-state index >= 15 is 8.78 Å². The summed E-state index contributed by atoms with van der Waals surface area (Å²) in [5.74, 6) is -4.03. The number of hydrogen-bond donors (Lipinski definition) is 2. The first-order valence-electron chi connectivity index (χ1n) is 14.5. The molecule has 0 aliphatic heterocycles. The molecule has 20 heteroatoms. The van der Waals surface area contributed by atoms with E-state index in [0.29, 0.717) is 22.8 Å². The number of imide groups is 1. The van der Waals surface area contributed by atoms with Crippen molar-refractivity contribution in [2.75, 3.05) is 23.4 Å². The molecule has 0 aliphatic carbocycles. The Morgan fingerprint density at radius 1 is 0.923 bits per heavy atom. The number of nitrogens with zero attached hydrogens (tertiary/aromatic N) is 5. The zero-order chi connectivity index (χ0) is 37.3. The van der Waals surface area contributed by atoms with Gasteiger partial charge in [-0.2, -0.15) is 13.7 Å². The van der Waals surface area contributed by atoms with Crippen molar-refractivity contribution < 1.29 is 55.7 Å². The van der Waals surface area contributed by atoms with E-state index < -0.39 is 56.9 Å². The van der Waals surface area contributed by atoms with Crippen molar-refractivity contribution in [1.82, 2.24) is 14.5 Å². The molecule has 15 nitrogen and oxygen atoms in total. The molecule has 0 atom stereocenters. The third kappa shape index (κ3) is 6.71. The van der Waals surface area contributed by atoms with Crippen molar-refractivity contribution in [3.63, 3.8) is 0 Å². The molecule has 0 unspecified atom stereocenters. The van der Waals surface area contributed by atoms with Crippen LogP contribution in [0.25, 0.3) is 22.1 Å². The van der Waals surface area contributed by atoms with Crippen molar-refractivity contribution in [2.24, 2.45) is 0 Å². The van der Waals surface area contributed by atoms with Gasteiger partial charge in [-0.3, -0.25) is 0 Å². The topological polar surface area (TPSA) is 195 Å². The SMILES string of the molecule is COc1ccc(CN(c2ncns2)S(=O)(=O)c2ccc(Oc3ccc(Cl)cc3-c3ccc4onc(N(C(=O)O)C(=O)O)c4c3)c(F)c2F)c(OC)c1. The summed E-state index contributed by atoms with van der Waals surface area (Å²) in [7, 11) is -2.02. The van der Waals surface area contributed by atoms with Gasteiger partial charge >= 0.3 is 12.2 Å². The maximum atomic E-state index is 15.8. The third-order valence-corrected chi connectivity index (χ3v) is 10.3. The zero-order valence-corrected chi connectivity index (χ0v) is 28.9. The molecule has 2 aromatic heterocycles. The van der Waals surface area contributed by atoms with E-state index in [1.54, 1.807) is 12.1 Å². The second-order valence-corrected chi connectivity index (χ2v) is 13.5. The predicted molar refractivity (Wildman–Crippen MR) is 182 cm³/mol. The van der Waals surface area contributed by atoms with Crippen molar-refractivity contribution in [1.29, 1.82) is 0 Å². The number of hydrogen-bond acceptors (Lipinski definition) is 12. The Balaban J connectivity index is 1.37. The van der Waals surface area contributed by atoms with Gasteiger partial charge in [0.05, 0.1) is 26.2 Å². The summed E-state index contributed by atoms with van der Waals surface area (Å²) in [6, 6.07) is 14.7. The summed E-state index contributed by atoms with van der Waals surface area (Å²) in [5, 5.41) is 22.4. The van der Waals surface area contributed by atoms with Gasteiger partial charge in [0.15, 0.2) is 23.0 Å². The van der Waals surface area contributed by atoms with Crippen LogP contribution in [0.2, 0.25) is 5.02 Å². The van der Waals surface area contributed by atoms with Crippen LogP contribution in [0.15, 0.2) is 82.5 Å². The van der Waals surface area contributed by atoms with Crippen LogP contribution in [0.5, 0.6) is 23.0 Å². The van der Waals surface area contributed by atoms with E-state index in [0.717, 1.165) is 22.8 Å². The number of benzene rings is 4. The van der Waals surface area contributed by atoms with E-state index in [-0.39, 0.29) is 48.6 Å². The molecule has 6 rings (SSSR count). The molecular weight excluding hydrogens is 752 g/mol. The Kier molecular flexibility index (Phi) is 9.83. The van der Waals surface area contributed by atoms with E-state index in [1.165, 1.54) is 56.7 Å². The highest BCUT2D eigenvalue weighted by molar-refractivity contribution is 7.93. The number of anilines is 2. The monoisotopic (exact) mass is 773 g/mol. The number of halogens is 3. The molecule has 2 heterocycles. The minimum atomic E-state index is -4.84. The van der Waals surface area contributed by atoms with Gasteiger partial charge in [-0.05, 0) is 60.2 Å². The number of aromatic nitrogens is 3. The van der Waals surface area contributed by atoms with E-state index in [1.807, 2.05) is 0 Å². The van der Waals surface area contributed by atoms with Gasteiger partial charge in [0.1, 0.15) is 28.5 Å². The van der Waals surface area contributed by atoms with Crippen LogP contribution >= 0.6 is 23.1 Å². The van der Waals surface area contributed by atoms with E-state index in [2.05, 4.69) is 14.5 Å². The highest BCUT2D eigenvalue weighted by Crippen LogP contribution is 2.40. The van der Waals surface area contributed by atoms with Crippen molar-refractivity contribution in [3.8, 4) is 34.1 Å². The van der Waals surface area contributed by atoms with Gasteiger partial charge in [0.25, 0.3) is 10.0 Å². The molecule has 0 spiro atoms. The van der Waals surface area contributed by atoms with Crippen LogP contribution in [0.3, 0.4) is 0 Å². The second-order valence-electron chi connectivity index (χ2n) is 10.5. The van der Waals surface area contributed by atoms with Gasteiger partial charge in [-0.15, -0.1) is 0 Å². The molecule has 0 radical (unpaired) electrons. The van der Waals surface area contributed by atoms with Crippen LogP contribution < -0.4 is 23.4 Å². The molecule has 4 aromatic carbocycles. The molecule has 0 saturated heterocycles. The molecule has 2 N–H and O–H groups in total. The van der Waals surface area contributed by atoms with E-state index in [9.17, 15) is 28.2 Å².